The lowest BCUT2D eigenvalue weighted by Crippen LogP contribution is -2.21. The molecule has 3 heteroatoms. The van der Waals surface area contributed by atoms with Crippen LogP contribution in [0.3, 0.4) is 0 Å². The van der Waals surface area contributed by atoms with Gasteiger partial charge in [-0.05, 0) is 43.0 Å². The molecule has 1 saturated carbocycles. The summed E-state index contributed by atoms with van der Waals surface area (Å²) in [5.41, 5.74) is 1.08. The molecule has 0 spiro atoms. The van der Waals surface area contributed by atoms with Gasteiger partial charge < -0.3 is 4.74 Å². The van der Waals surface area contributed by atoms with Crippen LogP contribution in [0, 0.1) is 17.1 Å². The molecule has 1 aliphatic rings. The van der Waals surface area contributed by atoms with Crippen molar-refractivity contribution >= 4 is 0 Å². The summed E-state index contributed by atoms with van der Waals surface area (Å²) in [4.78, 5) is 0. The van der Waals surface area contributed by atoms with Crippen molar-refractivity contribution in [3.8, 4) is 6.07 Å². The zero-order valence-electron chi connectivity index (χ0n) is 8.37. The summed E-state index contributed by atoms with van der Waals surface area (Å²) in [6.45, 7) is 0.400. The topological polar surface area (TPSA) is 33.0 Å². The Bertz CT molecular complexity index is 393. The van der Waals surface area contributed by atoms with Crippen molar-refractivity contribution in [2.24, 2.45) is 0 Å². The molecule has 1 aliphatic carbocycles. The van der Waals surface area contributed by atoms with Crippen LogP contribution in [0.5, 0.6) is 0 Å². The first-order valence-electron chi connectivity index (χ1n) is 5.09. The molecule has 2 rings (SSSR count). The first-order chi connectivity index (χ1) is 7.28. The largest absolute Gasteiger partial charge is 0.374 e. The molecule has 0 bridgehead atoms. The number of nitriles is 1. The molecule has 0 aromatic heterocycles. The van der Waals surface area contributed by atoms with E-state index in [1.807, 2.05) is 6.07 Å². The van der Waals surface area contributed by atoms with Crippen molar-refractivity contribution in [1.29, 1.82) is 5.26 Å². The highest BCUT2D eigenvalue weighted by Crippen LogP contribution is 2.23. The second kappa shape index (κ2) is 4.41. The number of rotatable bonds is 3. The third-order valence-corrected chi connectivity index (χ3v) is 2.62. The maximum atomic E-state index is 13.0. The number of hydrogen-bond donors (Lipinski definition) is 0. The van der Waals surface area contributed by atoms with Crippen molar-refractivity contribution in [3.63, 3.8) is 0 Å². The summed E-state index contributed by atoms with van der Waals surface area (Å²) >= 11 is 0. The fourth-order valence-electron chi connectivity index (χ4n) is 1.55. The molecule has 0 amide bonds. The normalized spacial score (nSPS) is 15.7. The van der Waals surface area contributed by atoms with Crippen molar-refractivity contribution in [2.45, 2.75) is 32.0 Å². The van der Waals surface area contributed by atoms with Crippen LogP contribution in [0.25, 0.3) is 0 Å². The van der Waals surface area contributed by atoms with Gasteiger partial charge in [0, 0.05) is 0 Å². The van der Waals surface area contributed by atoms with Crippen LogP contribution in [-0.2, 0) is 11.3 Å². The van der Waals surface area contributed by atoms with E-state index in [4.69, 9.17) is 10.00 Å². The van der Waals surface area contributed by atoms with E-state index in [9.17, 15) is 4.39 Å². The van der Waals surface area contributed by atoms with Crippen LogP contribution in [0.2, 0.25) is 0 Å². The molecule has 1 aromatic carbocycles. The SMILES string of the molecule is N#Cc1cc(F)cc(COC2CCC2)c1. The third-order valence-electron chi connectivity index (χ3n) is 2.62. The van der Waals surface area contributed by atoms with Crippen molar-refractivity contribution in [2.75, 3.05) is 0 Å². The van der Waals surface area contributed by atoms with E-state index >= 15 is 0 Å². The second-order valence-electron chi connectivity index (χ2n) is 3.82. The number of hydrogen-bond acceptors (Lipinski definition) is 2. The number of halogens is 1. The number of nitrogens with zero attached hydrogens (tertiary/aromatic N) is 1. The van der Waals surface area contributed by atoms with E-state index in [-0.39, 0.29) is 5.82 Å². The van der Waals surface area contributed by atoms with E-state index in [1.165, 1.54) is 18.6 Å². The van der Waals surface area contributed by atoms with Gasteiger partial charge in [0.15, 0.2) is 0 Å². The van der Waals surface area contributed by atoms with Gasteiger partial charge in [0.05, 0.1) is 24.3 Å². The standard InChI is InChI=1S/C12H12FNO/c13-11-5-9(7-14)4-10(6-11)8-15-12-2-1-3-12/h4-6,12H,1-3,8H2. The maximum absolute atomic E-state index is 13.0. The van der Waals surface area contributed by atoms with Crippen molar-refractivity contribution in [1.82, 2.24) is 0 Å². The molecule has 2 nitrogen and oxygen atoms in total. The van der Waals surface area contributed by atoms with Crippen LogP contribution in [0.4, 0.5) is 4.39 Å². The predicted octanol–water partition coefficient (Wildman–Crippen LogP) is 2.77. The van der Waals surface area contributed by atoms with Gasteiger partial charge in [0.1, 0.15) is 5.82 Å². The molecule has 1 fully saturated rings. The molecule has 15 heavy (non-hydrogen) atoms. The Kier molecular flexibility index (Phi) is 2.98. The second-order valence-corrected chi connectivity index (χ2v) is 3.82. The summed E-state index contributed by atoms with van der Waals surface area (Å²) < 4.78 is 18.6. The number of ether oxygens (including phenoxy) is 1. The Morgan fingerprint density at radius 3 is 2.80 bits per heavy atom. The van der Waals surface area contributed by atoms with Crippen LogP contribution >= 0.6 is 0 Å². The minimum Gasteiger partial charge on any atom is -0.374 e. The zero-order chi connectivity index (χ0) is 10.7. The fraction of sp³-hybridized carbons (Fsp3) is 0.417. The van der Waals surface area contributed by atoms with Crippen LogP contribution < -0.4 is 0 Å². The monoisotopic (exact) mass is 205 g/mol. The molecule has 0 N–H and O–H groups in total. The lowest BCUT2D eigenvalue weighted by molar-refractivity contribution is -0.00875. The number of benzene rings is 1. The van der Waals surface area contributed by atoms with Crippen molar-refractivity contribution < 1.29 is 9.13 Å². The molecule has 0 aliphatic heterocycles. The van der Waals surface area contributed by atoms with Gasteiger partial charge in [-0.25, -0.2) is 4.39 Å². The summed E-state index contributed by atoms with van der Waals surface area (Å²) in [5.74, 6) is -0.374. The molecule has 0 radical (unpaired) electrons. The highest BCUT2D eigenvalue weighted by molar-refractivity contribution is 5.33. The van der Waals surface area contributed by atoms with Crippen LogP contribution in [-0.4, -0.2) is 6.10 Å². The van der Waals surface area contributed by atoms with Gasteiger partial charge in [-0.15, -0.1) is 0 Å². The molecular formula is C12H12FNO. The Labute approximate surface area is 88.3 Å². The van der Waals surface area contributed by atoms with E-state index in [1.54, 1.807) is 6.07 Å². The summed E-state index contributed by atoms with van der Waals surface area (Å²) in [6, 6.07) is 6.24. The lowest BCUT2D eigenvalue weighted by Gasteiger charge is -2.25. The molecule has 78 valence electrons. The Hall–Kier alpha value is -1.40. The van der Waals surface area contributed by atoms with E-state index < -0.39 is 0 Å². The van der Waals surface area contributed by atoms with Gasteiger partial charge in [0.25, 0.3) is 0 Å². The molecule has 0 heterocycles. The van der Waals surface area contributed by atoms with E-state index in [2.05, 4.69) is 0 Å². The summed E-state index contributed by atoms with van der Waals surface area (Å²) in [7, 11) is 0. The highest BCUT2D eigenvalue weighted by atomic mass is 19.1. The lowest BCUT2D eigenvalue weighted by atomic mass is 9.96. The average molecular weight is 205 g/mol. The quantitative estimate of drug-likeness (QED) is 0.760. The maximum Gasteiger partial charge on any atom is 0.124 e. The molecule has 1 aromatic rings. The average Bonchev–Trinajstić information content (AvgIpc) is 2.14. The molecule has 0 atom stereocenters. The van der Waals surface area contributed by atoms with Gasteiger partial charge in [-0.2, -0.15) is 5.26 Å². The Balaban J connectivity index is 2.00. The fourth-order valence-corrected chi connectivity index (χ4v) is 1.55. The minimum absolute atomic E-state index is 0.332. The zero-order valence-corrected chi connectivity index (χ0v) is 8.37. The summed E-state index contributed by atoms with van der Waals surface area (Å²) in [5, 5.41) is 8.66. The van der Waals surface area contributed by atoms with Gasteiger partial charge in [0.2, 0.25) is 0 Å². The minimum atomic E-state index is -0.374. The van der Waals surface area contributed by atoms with Crippen LogP contribution in [0.1, 0.15) is 30.4 Å². The van der Waals surface area contributed by atoms with Gasteiger partial charge in [-0.1, -0.05) is 0 Å². The summed E-state index contributed by atoms with van der Waals surface area (Å²) in [6.07, 6.45) is 3.75. The van der Waals surface area contributed by atoms with E-state index in [0.717, 1.165) is 18.4 Å². The first kappa shape index (κ1) is 10.1. The smallest absolute Gasteiger partial charge is 0.124 e. The van der Waals surface area contributed by atoms with Gasteiger partial charge >= 0.3 is 0 Å². The first-order valence-corrected chi connectivity index (χ1v) is 5.09. The van der Waals surface area contributed by atoms with E-state index in [0.29, 0.717) is 18.3 Å². The Morgan fingerprint density at radius 1 is 1.40 bits per heavy atom. The molecular weight excluding hydrogens is 193 g/mol. The molecule has 0 unspecified atom stereocenters. The van der Waals surface area contributed by atoms with Crippen LogP contribution in [0.15, 0.2) is 18.2 Å². The molecule has 0 saturated heterocycles. The highest BCUT2D eigenvalue weighted by Gasteiger charge is 2.17. The predicted molar refractivity (Wildman–Crippen MR) is 53.5 cm³/mol. The Morgan fingerprint density at radius 2 is 2.20 bits per heavy atom. The van der Waals surface area contributed by atoms with Crippen molar-refractivity contribution in [3.05, 3.63) is 35.1 Å². The van der Waals surface area contributed by atoms with Gasteiger partial charge in [-0.3, -0.25) is 0 Å². The third kappa shape index (κ3) is 2.54.